The summed E-state index contributed by atoms with van der Waals surface area (Å²) in [6.07, 6.45) is 5.92. The summed E-state index contributed by atoms with van der Waals surface area (Å²) in [4.78, 5) is 22.8. The molecule has 2 aromatic rings. The van der Waals surface area contributed by atoms with Gasteiger partial charge in [0.2, 0.25) is 5.01 Å². The largest absolute Gasteiger partial charge is 0.488 e. The van der Waals surface area contributed by atoms with E-state index in [0.717, 1.165) is 5.01 Å². The number of rotatable bonds is 8. The van der Waals surface area contributed by atoms with Gasteiger partial charge in [0, 0.05) is 18.5 Å². The molecule has 0 spiro atoms. The first kappa shape index (κ1) is 20.9. The number of carbonyl (C=O) groups excluding carboxylic acids is 1. The fourth-order valence-electron chi connectivity index (χ4n) is 3.35. The highest BCUT2D eigenvalue weighted by molar-refractivity contribution is 7.27. The Morgan fingerprint density at radius 3 is 2.83 bits per heavy atom. The Kier molecular flexibility index (Phi) is 5.88. The number of carbonyl (C=O) groups is 1. The van der Waals surface area contributed by atoms with Gasteiger partial charge in [-0.05, 0) is 10.5 Å². The van der Waals surface area contributed by atoms with Crippen molar-refractivity contribution in [2.24, 2.45) is 12.2 Å². The minimum Gasteiger partial charge on any atom is -0.488 e. The van der Waals surface area contributed by atoms with Gasteiger partial charge in [-0.1, -0.05) is 6.92 Å². The molecule has 2 aliphatic heterocycles. The van der Waals surface area contributed by atoms with Crippen LogP contribution in [0.2, 0.25) is 0 Å². The van der Waals surface area contributed by atoms with Crippen LogP contribution < -0.4 is 15.0 Å². The summed E-state index contributed by atoms with van der Waals surface area (Å²) in [7, 11) is 0.00697. The minimum absolute atomic E-state index is 0.00697. The zero-order valence-electron chi connectivity index (χ0n) is 16.9. The van der Waals surface area contributed by atoms with Crippen LogP contribution in [0.25, 0.3) is 0 Å². The average molecular weight is 440 g/mol. The Hall–Kier alpha value is -2.33. The molecular weight excluding hydrogens is 414 g/mol. The van der Waals surface area contributed by atoms with Gasteiger partial charge < -0.3 is 19.7 Å². The lowest BCUT2D eigenvalue weighted by atomic mass is 10.0. The van der Waals surface area contributed by atoms with E-state index < -0.39 is 5.92 Å². The molecule has 0 aromatic carbocycles. The normalized spacial score (nSPS) is 22.8. The highest BCUT2D eigenvalue weighted by atomic mass is 32.2. The number of pyridine rings is 1. The molecule has 4 heterocycles. The Morgan fingerprint density at radius 2 is 2.23 bits per heavy atom. The highest BCUT2D eigenvalue weighted by Crippen LogP contribution is 2.34. The third-order valence-corrected chi connectivity index (χ3v) is 6.94. The maximum atomic E-state index is 13.2. The van der Waals surface area contributed by atoms with Crippen LogP contribution in [0, 0.1) is 5.92 Å². The first-order valence-corrected chi connectivity index (χ1v) is 11.6. The van der Waals surface area contributed by atoms with Crippen LogP contribution in [-0.4, -0.2) is 60.7 Å². The molecular formula is C20H25F2N4O3S+. The van der Waals surface area contributed by atoms with Crippen molar-refractivity contribution in [3.05, 3.63) is 34.5 Å². The molecule has 2 fully saturated rings. The van der Waals surface area contributed by atoms with Crippen LogP contribution in [0.4, 0.5) is 14.5 Å². The Morgan fingerprint density at radius 1 is 1.43 bits per heavy atom. The first-order chi connectivity index (χ1) is 14.3. The van der Waals surface area contributed by atoms with Gasteiger partial charge in [-0.3, -0.25) is 4.79 Å². The summed E-state index contributed by atoms with van der Waals surface area (Å²) in [5.74, 6) is -2.41. The molecule has 3 atom stereocenters. The second kappa shape index (κ2) is 8.43. The standard InChI is InChI=1S/C20H24F2N4O3S/c1-13-9-28-16(13)10-29-15-7-14(26-11-20(21,22)12-26)8-25-18(15)19(27)24-4-3-17-23-5-6-30(17)2/h5-8,13,16H,3-4,9-12H2,1-2H3/p+1. The predicted octanol–water partition coefficient (Wildman–Crippen LogP) is 2.60. The van der Waals surface area contributed by atoms with Gasteiger partial charge in [0.25, 0.3) is 11.8 Å². The zero-order valence-corrected chi connectivity index (χ0v) is 17.8. The molecule has 1 amide bonds. The van der Waals surface area contributed by atoms with Crippen molar-refractivity contribution in [2.75, 3.05) is 37.7 Å². The number of anilines is 1. The number of thiazole rings is 1. The summed E-state index contributed by atoms with van der Waals surface area (Å²) < 4.78 is 37.8. The van der Waals surface area contributed by atoms with E-state index in [4.69, 9.17) is 9.47 Å². The second-order valence-electron chi connectivity index (χ2n) is 7.78. The molecule has 0 bridgehead atoms. The molecule has 4 rings (SSSR count). The van der Waals surface area contributed by atoms with Gasteiger partial charge in [0.15, 0.2) is 16.8 Å². The van der Waals surface area contributed by atoms with Crippen molar-refractivity contribution >= 4 is 22.1 Å². The van der Waals surface area contributed by atoms with Gasteiger partial charge >= 0.3 is 0 Å². The quantitative estimate of drug-likeness (QED) is 0.638. The molecule has 162 valence electrons. The Balaban J connectivity index is 1.44. The lowest BCUT2D eigenvalue weighted by molar-refractivity contribution is -0.123. The van der Waals surface area contributed by atoms with Gasteiger partial charge in [0.1, 0.15) is 12.9 Å². The van der Waals surface area contributed by atoms with E-state index in [-0.39, 0.29) is 53.6 Å². The van der Waals surface area contributed by atoms with Crippen LogP contribution in [0.15, 0.2) is 23.8 Å². The number of ether oxygens (including phenoxy) is 2. The van der Waals surface area contributed by atoms with Gasteiger partial charge in [-0.15, -0.1) is 0 Å². The summed E-state index contributed by atoms with van der Waals surface area (Å²) in [6, 6.07) is 1.61. The minimum atomic E-state index is -2.69. The molecule has 10 heteroatoms. The number of hydrogen-bond donors (Lipinski definition) is 1. The van der Waals surface area contributed by atoms with E-state index in [1.54, 1.807) is 12.3 Å². The highest BCUT2D eigenvalue weighted by Gasteiger charge is 2.44. The molecule has 0 aliphatic carbocycles. The molecule has 0 saturated carbocycles. The molecule has 1 N–H and O–H groups in total. The van der Waals surface area contributed by atoms with E-state index >= 15 is 0 Å². The number of aryl methyl sites for hydroxylation is 1. The van der Waals surface area contributed by atoms with Crippen molar-refractivity contribution in [1.29, 1.82) is 0 Å². The molecule has 0 radical (unpaired) electrons. The van der Waals surface area contributed by atoms with Crippen molar-refractivity contribution < 1.29 is 23.0 Å². The number of alkyl halides is 2. The summed E-state index contributed by atoms with van der Waals surface area (Å²) in [5.41, 5.74) is 0.649. The van der Waals surface area contributed by atoms with Gasteiger partial charge in [-0.25, -0.2) is 18.7 Å². The number of halogens is 2. The number of amides is 1. The fraction of sp³-hybridized carbons (Fsp3) is 0.550. The Labute approximate surface area is 176 Å². The number of nitrogens with zero attached hydrogens (tertiary/aromatic N) is 3. The molecule has 2 aromatic heterocycles. The lowest BCUT2D eigenvalue weighted by Gasteiger charge is -2.40. The van der Waals surface area contributed by atoms with E-state index in [1.807, 2.05) is 5.38 Å². The first-order valence-electron chi connectivity index (χ1n) is 9.86. The summed E-state index contributed by atoms with van der Waals surface area (Å²) >= 11 is 0. The predicted molar refractivity (Wildman–Crippen MR) is 110 cm³/mol. The van der Waals surface area contributed by atoms with E-state index in [2.05, 4.69) is 28.5 Å². The van der Waals surface area contributed by atoms with Crippen LogP contribution in [-0.2, 0) is 17.4 Å². The molecule has 30 heavy (non-hydrogen) atoms. The van der Waals surface area contributed by atoms with Crippen LogP contribution in [0.1, 0.15) is 22.4 Å². The Bertz CT molecular complexity index is 915. The van der Waals surface area contributed by atoms with Gasteiger partial charge in [-0.2, -0.15) is 0 Å². The third-order valence-electron chi connectivity index (χ3n) is 5.35. The van der Waals surface area contributed by atoms with Gasteiger partial charge in [0.05, 0.1) is 50.3 Å². The molecule has 3 unspecified atom stereocenters. The maximum Gasteiger partial charge on any atom is 0.282 e. The van der Waals surface area contributed by atoms with E-state index in [0.29, 0.717) is 31.2 Å². The van der Waals surface area contributed by atoms with Crippen molar-refractivity contribution in [1.82, 2.24) is 15.3 Å². The summed E-state index contributed by atoms with van der Waals surface area (Å²) in [5, 5.41) is 5.93. The monoisotopic (exact) mass is 439 g/mol. The fourth-order valence-corrected chi connectivity index (χ4v) is 4.40. The number of nitrogens with one attached hydrogen (secondary N) is 1. The number of aromatic nitrogens is 2. The van der Waals surface area contributed by atoms with Crippen LogP contribution in [0.3, 0.4) is 0 Å². The number of hydrogen-bond acceptors (Lipinski definition) is 6. The molecule has 2 saturated heterocycles. The second-order valence-corrected chi connectivity index (χ2v) is 9.64. The molecule has 7 nitrogen and oxygen atoms in total. The topological polar surface area (TPSA) is 76.6 Å². The van der Waals surface area contributed by atoms with Crippen LogP contribution >= 0.6 is 10.5 Å². The third kappa shape index (κ3) is 4.54. The molecule has 2 aliphatic rings. The van der Waals surface area contributed by atoms with E-state index in [9.17, 15) is 13.6 Å². The smallest absolute Gasteiger partial charge is 0.282 e. The van der Waals surface area contributed by atoms with Crippen molar-refractivity contribution in [2.45, 2.75) is 25.4 Å². The lowest BCUT2D eigenvalue weighted by Crippen LogP contribution is -2.56. The SMILES string of the molecule is CC1COC1COc1cc(N2CC(F)(F)C2)cnc1C(=O)NCCc1ncc[s+]1C. The maximum absolute atomic E-state index is 13.2. The average Bonchev–Trinajstić information content (AvgIpc) is 3.09. The van der Waals surface area contributed by atoms with Crippen molar-refractivity contribution in [3.8, 4) is 5.75 Å². The zero-order chi connectivity index (χ0) is 21.3. The van der Waals surface area contributed by atoms with Crippen LogP contribution in [0.5, 0.6) is 5.75 Å². The van der Waals surface area contributed by atoms with Crippen molar-refractivity contribution in [3.63, 3.8) is 0 Å². The summed E-state index contributed by atoms with van der Waals surface area (Å²) in [6.45, 7) is 2.73. The van der Waals surface area contributed by atoms with E-state index in [1.165, 1.54) is 11.1 Å².